The van der Waals surface area contributed by atoms with Crippen LogP contribution in [0.25, 0.3) is 11.3 Å². The second kappa shape index (κ2) is 8.37. The molecule has 3 aromatic rings. The van der Waals surface area contributed by atoms with Gasteiger partial charge in [-0.05, 0) is 39.0 Å². The number of anilines is 2. The predicted molar refractivity (Wildman–Crippen MR) is 121 cm³/mol. The Morgan fingerprint density at radius 1 is 1.16 bits per heavy atom. The summed E-state index contributed by atoms with van der Waals surface area (Å²) in [6.45, 7) is 5.56. The predicted octanol–water partition coefficient (Wildman–Crippen LogP) is 4.76. The van der Waals surface area contributed by atoms with Crippen LogP contribution in [-0.2, 0) is 11.3 Å². The minimum Gasteiger partial charge on any atom is -0.494 e. The SMILES string of the molecule is COc1cnccc1-c1[nH]c2c(c1Nc1ccccc1)C(=O)CN(C(=O)OC(C)(C)C)C2. The molecule has 2 aromatic heterocycles. The van der Waals surface area contributed by atoms with E-state index in [0.717, 1.165) is 11.3 Å². The Labute approximate surface area is 186 Å². The summed E-state index contributed by atoms with van der Waals surface area (Å²) < 4.78 is 11.0. The highest BCUT2D eigenvalue weighted by molar-refractivity contribution is 6.09. The van der Waals surface area contributed by atoms with Gasteiger partial charge in [0.25, 0.3) is 0 Å². The molecule has 8 nitrogen and oxygen atoms in total. The van der Waals surface area contributed by atoms with Crippen LogP contribution < -0.4 is 10.1 Å². The van der Waals surface area contributed by atoms with Crippen molar-refractivity contribution in [3.63, 3.8) is 0 Å². The Morgan fingerprint density at radius 2 is 1.91 bits per heavy atom. The van der Waals surface area contributed by atoms with Gasteiger partial charge < -0.3 is 19.8 Å². The first kappa shape index (κ1) is 21.4. The number of methoxy groups -OCH3 is 1. The van der Waals surface area contributed by atoms with E-state index < -0.39 is 11.7 Å². The van der Waals surface area contributed by atoms with Gasteiger partial charge in [-0.2, -0.15) is 0 Å². The molecule has 2 N–H and O–H groups in total. The number of ketones is 1. The summed E-state index contributed by atoms with van der Waals surface area (Å²) in [7, 11) is 1.57. The van der Waals surface area contributed by atoms with Crippen molar-refractivity contribution >= 4 is 23.3 Å². The quantitative estimate of drug-likeness (QED) is 0.614. The standard InChI is InChI=1S/C24H26N4O4/c1-24(2,3)32-23(30)28-13-17-20(18(29)14-28)22(26-15-8-6-5-7-9-15)21(27-17)16-10-11-25-12-19(16)31-4/h5-12,26-27H,13-14H2,1-4H3. The van der Waals surface area contributed by atoms with E-state index in [0.29, 0.717) is 28.4 Å². The van der Waals surface area contributed by atoms with Gasteiger partial charge in [-0.15, -0.1) is 0 Å². The van der Waals surface area contributed by atoms with Gasteiger partial charge in [-0.25, -0.2) is 4.79 Å². The molecular weight excluding hydrogens is 408 g/mol. The fourth-order valence-corrected chi connectivity index (χ4v) is 3.67. The van der Waals surface area contributed by atoms with E-state index in [1.165, 1.54) is 4.90 Å². The Kier molecular flexibility index (Phi) is 5.61. The Morgan fingerprint density at radius 3 is 2.59 bits per heavy atom. The van der Waals surface area contributed by atoms with Crippen molar-refractivity contribution in [2.75, 3.05) is 19.0 Å². The molecule has 0 radical (unpaired) electrons. The zero-order valence-corrected chi connectivity index (χ0v) is 18.6. The number of aromatic amines is 1. The number of ether oxygens (including phenoxy) is 2. The number of hydrogen-bond acceptors (Lipinski definition) is 6. The number of nitrogens with zero attached hydrogens (tertiary/aromatic N) is 2. The molecule has 32 heavy (non-hydrogen) atoms. The number of nitrogens with one attached hydrogen (secondary N) is 2. The van der Waals surface area contributed by atoms with Gasteiger partial charge in [0.15, 0.2) is 5.78 Å². The Bertz CT molecular complexity index is 1150. The van der Waals surface area contributed by atoms with Crippen molar-refractivity contribution in [3.05, 3.63) is 60.0 Å². The Balaban J connectivity index is 1.79. The number of benzene rings is 1. The van der Waals surface area contributed by atoms with Crippen molar-refractivity contribution in [3.8, 4) is 17.0 Å². The third-order valence-electron chi connectivity index (χ3n) is 5.01. The molecule has 0 bridgehead atoms. The van der Waals surface area contributed by atoms with E-state index in [1.807, 2.05) is 36.4 Å². The molecule has 0 atom stereocenters. The molecule has 0 spiro atoms. The van der Waals surface area contributed by atoms with E-state index >= 15 is 0 Å². The van der Waals surface area contributed by atoms with Crippen LogP contribution in [0.5, 0.6) is 5.75 Å². The van der Waals surface area contributed by atoms with E-state index in [-0.39, 0.29) is 18.9 Å². The average molecular weight is 434 g/mol. The number of fused-ring (bicyclic) bond motifs is 1. The summed E-state index contributed by atoms with van der Waals surface area (Å²) in [5.74, 6) is 0.393. The van der Waals surface area contributed by atoms with Gasteiger partial charge >= 0.3 is 6.09 Å². The Hall–Kier alpha value is -3.81. The smallest absolute Gasteiger partial charge is 0.411 e. The van der Waals surface area contributed by atoms with Crippen molar-refractivity contribution in [1.29, 1.82) is 0 Å². The number of aromatic nitrogens is 2. The number of carbonyl (C=O) groups is 2. The topological polar surface area (TPSA) is 96.5 Å². The van der Waals surface area contributed by atoms with Crippen LogP contribution in [-0.4, -0.2) is 46.0 Å². The van der Waals surface area contributed by atoms with Crippen molar-refractivity contribution in [2.24, 2.45) is 0 Å². The third-order valence-corrected chi connectivity index (χ3v) is 5.01. The summed E-state index contributed by atoms with van der Waals surface area (Å²) in [6.07, 6.45) is 2.77. The van der Waals surface area contributed by atoms with E-state index in [4.69, 9.17) is 9.47 Å². The number of rotatable bonds is 4. The minimum absolute atomic E-state index is 0.0594. The zero-order valence-electron chi connectivity index (χ0n) is 18.6. The molecule has 1 aliphatic heterocycles. The molecule has 0 unspecified atom stereocenters. The third kappa shape index (κ3) is 4.30. The van der Waals surface area contributed by atoms with Gasteiger partial charge in [-0.1, -0.05) is 18.2 Å². The molecule has 0 saturated heterocycles. The van der Waals surface area contributed by atoms with Crippen LogP contribution in [0.4, 0.5) is 16.2 Å². The maximum atomic E-state index is 13.2. The monoisotopic (exact) mass is 434 g/mol. The second-order valence-electron chi connectivity index (χ2n) is 8.56. The number of para-hydroxylation sites is 1. The van der Waals surface area contributed by atoms with Crippen LogP contribution in [0, 0.1) is 0 Å². The van der Waals surface area contributed by atoms with Gasteiger partial charge in [0, 0.05) is 23.1 Å². The highest BCUT2D eigenvalue weighted by Crippen LogP contribution is 2.41. The number of Topliss-reactive ketones (excluding diaryl/α,β-unsaturated/α-hetero) is 1. The van der Waals surface area contributed by atoms with Gasteiger partial charge in [0.2, 0.25) is 0 Å². The maximum absolute atomic E-state index is 13.2. The molecule has 1 aliphatic rings. The normalized spacial score (nSPS) is 13.5. The minimum atomic E-state index is -0.647. The van der Waals surface area contributed by atoms with Gasteiger partial charge in [0.1, 0.15) is 11.4 Å². The lowest BCUT2D eigenvalue weighted by Gasteiger charge is -2.29. The first-order valence-corrected chi connectivity index (χ1v) is 10.3. The largest absolute Gasteiger partial charge is 0.494 e. The van der Waals surface area contributed by atoms with Crippen molar-refractivity contribution in [1.82, 2.24) is 14.9 Å². The highest BCUT2D eigenvalue weighted by Gasteiger charge is 2.35. The summed E-state index contributed by atoms with van der Waals surface area (Å²) in [5, 5.41) is 3.38. The summed E-state index contributed by atoms with van der Waals surface area (Å²) >= 11 is 0. The fourth-order valence-electron chi connectivity index (χ4n) is 3.67. The molecule has 1 amide bonds. The summed E-state index contributed by atoms with van der Waals surface area (Å²) in [6, 6.07) is 11.4. The van der Waals surface area contributed by atoms with Crippen LogP contribution in [0.2, 0.25) is 0 Å². The average Bonchev–Trinajstić information content (AvgIpc) is 3.11. The lowest BCUT2D eigenvalue weighted by atomic mass is 10.0. The number of carbonyl (C=O) groups excluding carboxylic acids is 2. The van der Waals surface area contributed by atoms with Crippen molar-refractivity contribution in [2.45, 2.75) is 32.9 Å². The van der Waals surface area contributed by atoms with Crippen LogP contribution in [0.3, 0.4) is 0 Å². The molecule has 1 aromatic carbocycles. The summed E-state index contributed by atoms with van der Waals surface area (Å²) in [4.78, 5) is 34.7. The molecule has 0 aliphatic carbocycles. The lowest BCUT2D eigenvalue weighted by molar-refractivity contribution is 0.0218. The number of amides is 1. The van der Waals surface area contributed by atoms with Crippen LogP contribution in [0.1, 0.15) is 36.8 Å². The van der Waals surface area contributed by atoms with Crippen LogP contribution in [0.15, 0.2) is 48.8 Å². The van der Waals surface area contributed by atoms with E-state index in [9.17, 15) is 9.59 Å². The maximum Gasteiger partial charge on any atom is 0.411 e. The zero-order chi connectivity index (χ0) is 22.9. The van der Waals surface area contributed by atoms with Gasteiger partial charge in [0.05, 0.1) is 43.3 Å². The van der Waals surface area contributed by atoms with E-state index in [2.05, 4.69) is 15.3 Å². The fraction of sp³-hybridized carbons (Fsp3) is 0.292. The van der Waals surface area contributed by atoms with Gasteiger partial charge in [-0.3, -0.25) is 14.7 Å². The molecule has 4 rings (SSSR count). The highest BCUT2D eigenvalue weighted by atomic mass is 16.6. The van der Waals surface area contributed by atoms with Crippen molar-refractivity contribution < 1.29 is 19.1 Å². The lowest BCUT2D eigenvalue weighted by Crippen LogP contribution is -2.42. The molecule has 0 saturated carbocycles. The number of H-pyrrole nitrogens is 1. The molecule has 0 fully saturated rings. The second-order valence-corrected chi connectivity index (χ2v) is 8.56. The van der Waals surface area contributed by atoms with E-state index in [1.54, 1.807) is 40.3 Å². The number of hydrogen-bond donors (Lipinski definition) is 2. The molecular formula is C24H26N4O4. The molecule has 8 heteroatoms. The molecule has 3 heterocycles. The number of pyridine rings is 1. The molecule has 166 valence electrons. The first-order chi connectivity index (χ1) is 15.3. The van der Waals surface area contributed by atoms with Crippen LogP contribution >= 0.6 is 0 Å². The first-order valence-electron chi connectivity index (χ1n) is 10.3. The summed E-state index contributed by atoms with van der Waals surface area (Å²) in [5.41, 5.74) is 3.45.